The van der Waals surface area contributed by atoms with E-state index in [1.165, 1.54) is 13.3 Å². The number of anilines is 1. The third-order valence-corrected chi connectivity index (χ3v) is 5.30. The number of methoxy groups -OCH3 is 1. The topological polar surface area (TPSA) is 107 Å². The molecular weight excluding hydrogens is 376 g/mol. The SMILES string of the molecule is COC(=O)C[C@@H]1C[C@@H]2c3cc(NC(=O)c4cccnc4)ccc3O[C@@H]2[C@H](CO)O1. The van der Waals surface area contributed by atoms with Gasteiger partial charge in [-0.15, -0.1) is 0 Å². The van der Waals surface area contributed by atoms with Crippen molar-refractivity contribution < 1.29 is 28.9 Å². The molecule has 4 atom stereocenters. The molecule has 29 heavy (non-hydrogen) atoms. The van der Waals surface area contributed by atoms with Crippen LogP contribution in [0.1, 0.15) is 34.7 Å². The largest absolute Gasteiger partial charge is 0.487 e. The van der Waals surface area contributed by atoms with Gasteiger partial charge < -0.3 is 24.6 Å². The van der Waals surface area contributed by atoms with E-state index in [1.54, 1.807) is 30.5 Å². The maximum absolute atomic E-state index is 12.4. The Bertz CT molecular complexity index is 903. The van der Waals surface area contributed by atoms with Crippen LogP contribution in [-0.4, -0.2) is 54.0 Å². The number of benzene rings is 1. The zero-order valence-corrected chi connectivity index (χ0v) is 15.9. The van der Waals surface area contributed by atoms with E-state index < -0.39 is 6.10 Å². The summed E-state index contributed by atoms with van der Waals surface area (Å²) in [6.07, 6.45) is 2.54. The minimum absolute atomic E-state index is 0.0548. The molecule has 8 nitrogen and oxygen atoms in total. The fourth-order valence-corrected chi connectivity index (χ4v) is 3.94. The van der Waals surface area contributed by atoms with E-state index in [2.05, 4.69) is 10.3 Å². The molecule has 0 saturated carbocycles. The maximum Gasteiger partial charge on any atom is 0.308 e. The Morgan fingerprint density at radius 3 is 2.93 bits per heavy atom. The molecule has 0 bridgehead atoms. The molecule has 2 aromatic rings. The van der Waals surface area contributed by atoms with Gasteiger partial charge in [0.05, 0.1) is 31.8 Å². The Labute approximate surface area is 167 Å². The van der Waals surface area contributed by atoms with Crippen molar-refractivity contribution in [3.05, 3.63) is 53.9 Å². The second kappa shape index (κ2) is 8.18. The molecule has 8 heteroatoms. The molecule has 4 rings (SSSR count). The predicted octanol–water partition coefficient (Wildman–Crippen LogP) is 1.89. The first-order chi connectivity index (χ1) is 14.1. The van der Waals surface area contributed by atoms with Crippen molar-refractivity contribution in [1.29, 1.82) is 0 Å². The minimum atomic E-state index is -0.538. The molecule has 0 unspecified atom stereocenters. The number of aliphatic hydroxyl groups excluding tert-OH is 1. The van der Waals surface area contributed by atoms with Gasteiger partial charge in [-0.2, -0.15) is 0 Å². The monoisotopic (exact) mass is 398 g/mol. The fourth-order valence-electron chi connectivity index (χ4n) is 3.94. The lowest BCUT2D eigenvalue weighted by atomic mass is 9.84. The van der Waals surface area contributed by atoms with E-state index in [9.17, 15) is 14.7 Å². The Balaban J connectivity index is 1.55. The van der Waals surface area contributed by atoms with E-state index in [0.29, 0.717) is 23.4 Å². The summed E-state index contributed by atoms with van der Waals surface area (Å²) in [5, 5.41) is 12.6. The highest BCUT2D eigenvalue weighted by Crippen LogP contribution is 2.47. The second-order valence-corrected chi connectivity index (χ2v) is 7.13. The summed E-state index contributed by atoms with van der Waals surface area (Å²) >= 11 is 0. The van der Waals surface area contributed by atoms with Crippen molar-refractivity contribution in [1.82, 2.24) is 4.98 Å². The standard InChI is InChI=1S/C21H22N2O6/c1-27-19(25)9-14-8-16-15-7-13(23-21(26)12-3-2-6-22-10-12)4-5-17(15)29-20(16)18(11-24)28-14/h2-7,10,14,16,18,20,24H,8-9,11H2,1H3,(H,23,26)/t14-,16+,18-,20-/m0/s1. The van der Waals surface area contributed by atoms with E-state index >= 15 is 0 Å². The highest BCUT2D eigenvalue weighted by molar-refractivity contribution is 6.04. The summed E-state index contributed by atoms with van der Waals surface area (Å²) in [7, 11) is 1.34. The average molecular weight is 398 g/mol. The van der Waals surface area contributed by atoms with Gasteiger partial charge in [-0.05, 0) is 36.8 Å². The van der Waals surface area contributed by atoms with Crippen molar-refractivity contribution in [3.63, 3.8) is 0 Å². The van der Waals surface area contributed by atoms with Crippen molar-refractivity contribution in [2.24, 2.45) is 0 Å². The molecule has 3 heterocycles. The molecule has 2 aliphatic rings. The van der Waals surface area contributed by atoms with E-state index in [1.807, 2.05) is 6.07 Å². The number of pyridine rings is 1. The van der Waals surface area contributed by atoms with Crippen LogP contribution >= 0.6 is 0 Å². The number of aromatic nitrogens is 1. The number of carbonyl (C=O) groups is 2. The number of aliphatic hydroxyl groups is 1. The van der Waals surface area contributed by atoms with Crippen LogP contribution in [-0.2, 0) is 14.3 Å². The van der Waals surface area contributed by atoms with Crippen molar-refractivity contribution >= 4 is 17.6 Å². The summed E-state index contributed by atoms with van der Waals surface area (Å²) < 4.78 is 16.6. The summed E-state index contributed by atoms with van der Waals surface area (Å²) in [6, 6.07) is 8.84. The first-order valence-electron chi connectivity index (χ1n) is 9.44. The van der Waals surface area contributed by atoms with E-state index in [4.69, 9.17) is 14.2 Å². The maximum atomic E-state index is 12.4. The van der Waals surface area contributed by atoms with Crippen molar-refractivity contribution in [2.45, 2.75) is 37.1 Å². The summed E-state index contributed by atoms with van der Waals surface area (Å²) in [4.78, 5) is 28.0. The molecule has 0 spiro atoms. The van der Waals surface area contributed by atoms with Crippen molar-refractivity contribution in [3.8, 4) is 5.75 Å². The number of nitrogens with one attached hydrogen (secondary N) is 1. The number of hydrogen-bond acceptors (Lipinski definition) is 7. The third kappa shape index (κ3) is 3.94. The van der Waals surface area contributed by atoms with Gasteiger partial charge in [0.2, 0.25) is 0 Å². The zero-order chi connectivity index (χ0) is 20.4. The van der Waals surface area contributed by atoms with Crippen LogP contribution in [0.3, 0.4) is 0 Å². The predicted molar refractivity (Wildman–Crippen MR) is 103 cm³/mol. The van der Waals surface area contributed by atoms with Crippen LogP contribution in [0.15, 0.2) is 42.7 Å². The summed E-state index contributed by atoms with van der Waals surface area (Å²) in [5.41, 5.74) is 2.03. The van der Waals surface area contributed by atoms with Gasteiger partial charge in [0.1, 0.15) is 18.0 Å². The number of nitrogens with zero attached hydrogens (tertiary/aromatic N) is 1. The number of rotatable bonds is 5. The van der Waals surface area contributed by atoms with Crippen LogP contribution < -0.4 is 10.1 Å². The first kappa shape index (κ1) is 19.4. The van der Waals surface area contributed by atoms with Gasteiger partial charge >= 0.3 is 5.97 Å². The molecule has 2 N–H and O–H groups in total. The van der Waals surface area contributed by atoms with Gasteiger partial charge in [0.25, 0.3) is 5.91 Å². The Kier molecular flexibility index (Phi) is 5.46. The van der Waals surface area contributed by atoms with E-state index in [-0.39, 0.29) is 43.0 Å². The molecule has 1 amide bonds. The smallest absolute Gasteiger partial charge is 0.308 e. The lowest BCUT2D eigenvalue weighted by molar-refractivity contribution is -0.156. The summed E-state index contributed by atoms with van der Waals surface area (Å²) in [6.45, 7) is -0.211. The second-order valence-electron chi connectivity index (χ2n) is 7.13. The lowest BCUT2D eigenvalue weighted by Crippen LogP contribution is -2.46. The van der Waals surface area contributed by atoms with Crippen LogP contribution in [0, 0.1) is 0 Å². The van der Waals surface area contributed by atoms with Crippen LogP contribution in [0.25, 0.3) is 0 Å². The molecule has 1 saturated heterocycles. The number of amides is 1. The Morgan fingerprint density at radius 2 is 2.21 bits per heavy atom. The fraction of sp³-hybridized carbons (Fsp3) is 0.381. The highest BCUT2D eigenvalue weighted by Gasteiger charge is 2.46. The summed E-state index contributed by atoms with van der Waals surface area (Å²) in [5.74, 6) is 0.0278. The molecule has 1 fully saturated rings. The molecule has 152 valence electrons. The molecule has 0 aliphatic carbocycles. The van der Waals surface area contributed by atoms with Gasteiger partial charge in [0.15, 0.2) is 0 Å². The normalized spacial score (nSPS) is 24.8. The highest BCUT2D eigenvalue weighted by atomic mass is 16.6. The number of esters is 1. The van der Waals surface area contributed by atoms with E-state index in [0.717, 1.165) is 5.56 Å². The Morgan fingerprint density at radius 1 is 1.34 bits per heavy atom. The third-order valence-electron chi connectivity index (χ3n) is 5.30. The molecule has 0 radical (unpaired) electrons. The average Bonchev–Trinajstić information content (AvgIpc) is 3.11. The molecular formula is C21H22N2O6. The molecule has 2 aliphatic heterocycles. The molecule has 1 aromatic carbocycles. The van der Waals surface area contributed by atoms with Crippen LogP contribution in [0.2, 0.25) is 0 Å². The quantitative estimate of drug-likeness (QED) is 0.741. The van der Waals surface area contributed by atoms with Gasteiger partial charge in [-0.1, -0.05) is 0 Å². The van der Waals surface area contributed by atoms with Gasteiger partial charge in [-0.25, -0.2) is 0 Å². The van der Waals surface area contributed by atoms with Crippen LogP contribution in [0.5, 0.6) is 5.75 Å². The first-order valence-corrected chi connectivity index (χ1v) is 9.44. The number of ether oxygens (including phenoxy) is 3. The minimum Gasteiger partial charge on any atom is -0.487 e. The number of hydrogen-bond donors (Lipinski definition) is 2. The van der Waals surface area contributed by atoms with Crippen molar-refractivity contribution in [2.75, 3.05) is 19.0 Å². The Hall–Kier alpha value is -2.97. The molecule has 1 aromatic heterocycles. The number of fused-ring (bicyclic) bond motifs is 3. The lowest BCUT2D eigenvalue weighted by Gasteiger charge is -2.36. The van der Waals surface area contributed by atoms with Crippen LogP contribution in [0.4, 0.5) is 5.69 Å². The van der Waals surface area contributed by atoms with Gasteiger partial charge in [-0.3, -0.25) is 14.6 Å². The zero-order valence-electron chi connectivity index (χ0n) is 15.9. The number of carbonyl (C=O) groups excluding carboxylic acids is 2. The van der Waals surface area contributed by atoms with Gasteiger partial charge in [0, 0.05) is 29.6 Å².